The van der Waals surface area contributed by atoms with Crippen molar-refractivity contribution in [1.29, 1.82) is 0 Å². The Kier molecular flexibility index (Phi) is 7.67. The van der Waals surface area contributed by atoms with Crippen molar-refractivity contribution in [3.05, 3.63) is 89.5 Å². The lowest BCUT2D eigenvalue weighted by Gasteiger charge is -2.26. The number of fused-ring (bicyclic) bond motifs is 1. The average Bonchev–Trinajstić information content (AvgIpc) is 3.29. The molecule has 0 atom stereocenters. The van der Waals surface area contributed by atoms with E-state index in [9.17, 15) is 0 Å². The highest BCUT2D eigenvalue weighted by atomic mass is 16.5. The Bertz CT molecular complexity index is 1050. The molecule has 2 aliphatic heterocycles. The van der Waals surface area contributed by atoms with Crippen molar-refractivity contribution in [3.63, 3.8) is 0 Å². The Balaban J connectivity index is 1.15. The van der Waals surface area contributed by atoms with Crippen LogP contribution in [-0.4, -0.2) is 37.7 Å². The molecule has 0 spiro atoms. The molecule has 0 aliphatic carbocycles. The number of para-hydroxylation sites is 1. The van der Waals surface area contributed by atoms with Crippen molar-refractivity contribution < 1.29 is 9.47 Å². The number of hydrogen-bond donors (Lipinski definition) is 0. The third kappa shape index (κ3) is 5.92. The standard InChI is InChI=1S/C30H36N2O2/c1-3-10-25(11-4-1)24-34-30-13-6-5-12-27(30)23-32-20-16-26-22-28(14-15-29(26)32)33-21-9-19-31-17-7-2-8-18-31/h1,3-6,10-15,22H,2,7-9,16-21,23-24H2. The van der Waals surface area contributed by atoms with Crippen LogP contribution in [0.1, 0.15) is 42.4 Å². The van der Waals surface area contributed by atoms with Gasteiger partial charge in [-0.1, -0.05) is 55.0 Å². The first kappa shape index (κ1) is 22.8. The summed E-state index contributed by atoms with van der Waals surface area (Å²) in [4.78, 5) is 5.04. The molecule has 0 aromatic heterocycles. The fraction of sp³-hybridized carbons (Fsp3) is 0.400. The maximum atomic E-state index is 6.19. The number of rotatable bonds is 10. The molecule has 2 aliphatic rings. The summed E-state index contributed by atoms with van der Waals surface area (Å²) in [5.41, 5.74) is 5.12. The van der Waals surface area contributed by atoms with Crippen LogP contribution in [0.3, 0.4) is 0 Å². The van der Waals surface area contributed by atoms with Crippen LogP contribution in [0.2, 0.25) is 0 Å². The first-order valence-corrected chi connectivity index (χ1v) is 12.8. The average molecular weight is 457 g/mol. The molecule has 4 heteroatoms. The second kappa shape index (κ2) is 11.4. The summed E-state index contributed by atoms with van der Waals surface area (Å²) in [6, 6.07) is 25.4. The zero-order valence-corrected chi connectivity index (χ0v) is 20.1. The van der Waals surface area contributed by atoms with Crippen LogP contribution in [0.5, 0.6) is 11.5 Å². The molecule has 3 aromatic carbocycles. The third-order valence-electron chi connectivity index (χ3n) is 6.95. The van der Waals surface area contributed by atoms with Gasteiger partial charge >= 0.3 is 0 Å². The van der Waals surface area contributed by atoms with Gasteiger partial charge in [0, 0.05) is 30.9 Å². The Morgan fingerprint density at radius 3 is 2.47 bits per heavy atom. The minimum absolute atomic E-state index is 0.590. The highest BCUT2D eigenvalue weighted by Crippen LogP contribution is 2.34. The maximum absolute atomic E-state index is 6.19. The Morgan fingerprint density at radius 2 is 1.59 bits per heavy atom. The Hall–Kier alpha value is -2.98. The molecule has 3 aromatic rings. The monoisotopic (exact) mass is 456 g/mol. The van der Waals surface area contributed by atoms with Gasteiger partial charge in [-0.3, -0.25) is 0 Å². The summed E-state index contributed by atoms with van der Waals surface area (Å²) in [6.07, 6.45) is 6.26. The van der Waals surface area contributed by atoms with Crippen LogP contribution in [0.4, 0.5) is 5.69 Å². The van der Waals surface area contributed by atoms with E-state index in [0.717, 1.165) is 50.6 Å². The Labute approximate surface area is 204 Å². The number of ether oxygens (including phenoxy) is 2. The van der Waals surface area contributed by atoms with Crippen LogP contribution in [0.25, 0.3) is 0 Å². The molecular formula is C30H36N2O2. The largest absolute Gasteiger partial charge is 0.494 e. The number of nitrogens with zero attached hydrogens (tertiary/aromatic N) is 2. The Morgan fingerprint density at radius 1 is 0.765 bits per heavy atom. The van der Waals surface area contributed by atoms with Gasteiger partial charge in [-0.25, -0.2) is 0 Å². The van der Waals surface area contributed by atoms with E-state index < -0.39 is 0 Å². The molecule has 1 saturated heterocycles. The fourth-order valence-corrected chi connectivity index (χ4v) is 5.08. The van der Waals surface area contributed by atoms with Gasteiger partial charge in [0.15, 0.2) is 0 Å². The highest BCUT2D eigenvalue weighted by Gasteiger charge is 2.21. The van der Waals surface area contributed by atoms with Gasteiger partial charge in [0.25, 0.3) is 0 Å². The molecule has 0 unspecified atom stereocenters. The van der Waals surface area contributed by atoms with E-state index in [4.69, 9.17) is 9.47 Å². The summed E-state index contributed by atoms with van der Waals surface area (Å²) >= 11 is 0. The minimum Gasteiger partial charge on any atom is -0.494 e. The van der Waals surface area contributed by atoms with Crippen LogP contribution < -0.4 is 14.4 Å². The van der Waals surface area contributed by atoms with Crippen molar-refractivity contribution >= 4 is 5.69 Å². The molecule has 0 saturated carbocycles. The molecule has 4 nitrogen and oxygen atoms in total. The van der Waals surface area contributed by atoms with Gasteiger partial charge < -0.3 is 19.3 Å². The van der Waals surface area contributed by atoms with Gasteiger partial charge in [0.2, 0.25) is 0 Å². The number of hydrogen-bond acceptors (Lipinski definition) is 4. The predicted octanol–water partition coefficient (Wildman–Crippen LogP) is 6.08. The van der Waals surface area contributed by atoms with Gasteiger partial charge in [0.05, 0.1) is 6.61 Å². The molecule has 1 fully saturated rings. The lowest BCUT2D eigenvalue weighted by atomic mass is 10.1. The minimum atomic E-state index is 0.590. The van der Waals surface area contributed by atoms with Crippen molar-refractivity contribution in [3.8, 4) is 11.5 Å². The topological polar surface area (TPSA) is 24.9 Å². The van der Waals surface area contributed by atoms with Crippen LogP contribution in [0, 0.1) is 0 Å². The van der Waals surface area contributed by atoms with E-state index >= 15 is 0 Å². The van der Waals surface area contributed by atoms with E-state index in [1.165, 1.54) is 54.7 Å². The molecule has 0 amide bonds. The normalized spacial score (nSPS) is 15.8. The van der Waals surface area contributed by atoms with Gasteiger partial charge in [-0.05, 0) is 74.2 Å². The van der Waals surface area contributed by atoms with Gasteiger partial charge in [-0.2, -0.15) is 0 Å². The van der Waals surface area contributed by atoms with Crippen LogP contribution >= 0.6 is 0 Å². The van der Waals surface area contributed by atoms with E-state index in [1.54, 1.807) is 0 Å². The van der Waals surface area contributed by atoms with E-state index in [0.29, 0.717) is 6.61 Å². The number of benzene rings is 3. The summed E-state index contributed by atoms with van der Waals surface area (Å²) in [5.74, 6) is 1.97. The molecule has 34 heavy (non-hydrogen) atoms. The van der Waals surface area contributed by atoms with Crippen molar-refractivity contribution in [2.24, 2.45) is 0 Å². The molecular weight excluding hydrogens is 420 g/mol. The summed E-state index contributed by atoms with van der Waals surface area (Å²) in [5, 5.41) is 0. The molecule has 0 N–H and O–H groups in total. The smallest absolute Gasteiger partial charge is 0.124 e. The quantitative estimate of drug-likeness (QED) is 0.345. The van der Waals surface area contributed by atoms with Gasteiger partial charge in [0.1, 0.15) is 18.1 Å². The summed E-state index contributed by atoms with van der Waals surface area (Å²) in [7, 11) is 0. The second-order valence-electron chi connectivity index (χ2n) is 9.45. The second-order valence-corrected chi connectivity index (χ2v) is 9.45. The van der Waals surface area contributed by atoms with Crippen molar-refractivity contribution in [1.82, 2.24) is 4.90 Å². The molecule has 0 radical (unpaired) electrons. The molecule has 2 heterocycles. The maximum Gasteiger partial charge on any atom is 0.124 e. The number of likely N-dealkylation sites (tertiary alicyclic amines) is 1. The van der Waals surface area contributed by atoms with Gasteiger partial charge in [-0.15, -0.1) is 0 Å². The molecule has 5 rings (SSSR count). The fourth-order valence-electron chi connectivity index (χ4n) is 5.08. The third-order valence-corrected chi connectivity index (χ3v) is 6.95. The van der Waals surface area contributed by atoms with E-state index in [1.807, 2.05) is 6.07 Å². The van der Waals surface area contributed by atoms with Crippen LogP contribution in [-0.2, 0) is 19.6 Å². The summed E-state index contributed by atoms with van der Waals surface area (Å²) < 4.78 is 12.3. The first-order valence-electron chi connectivity index (χ1n) is 12.8. The SMILES string of the molecule is c1ccc(COc2ccccc2CN2CCc3cc(OCCCN4CCCCC4)ccc32)cc1. The van der Waals surface area contributed by atoms with Crippen LogP contribution in [0.15, 0.2) is 72.8 Å². The number of anilines is 1. The zero-order valence-electron chi connectivity index (χ0n) is 20.1. The zero-order chi connectivity index (χ0) is 23.0. The highest BCUT2D eigenvalue weighted by molar-refractivity contribution is 5.60. The van der Waals surface area contributed by atoms with Crippen molar-refractivity contribution in [2.75, 3.05) is 37.7 Å². The molecule has 178 valence electrons. The van der Waals surface area contributed by atoms with E-state index in [-0.39, 0.29) is 0 Å². The lowest BCUT2D eigenvalue weighted by Crippen LogP contribution is -2.31. The number of piperidine rings is 1. The molecule has 0 bridgehead atoms. The first-order chi connectivity index (χ1) is 16.8. The van der Waals surface area contributed by atoms with Crippen molar-refractivity contribution in [2.45, 2.75) is 45.3 Å². The van der Waals surface area contributed by atoms with E-state index in [2.05, 4.69) is 76.5 Å². The summed E-state index contributed by atoms with van der Waals surface area (Å²) in [6.45, 7) is 6.95. The lowest BCUT2D eigenvalue weighted by molar-refractivity contribution is 0.205. The predicted molar refractivity (Wildman–Crippen MR) is 139 cm³/mol.